The van der Waals surface area contributed by atoms with Crippen LogP contribution in [0.3, 0.4) is 0 Å². The van der Waals surface area contributed by atoms with Crippen molar-refractivity contribution in [2.45, 2.75) is 6.92 Å². The summed E-state index contributed by atoms with van der Waals surface area (Å²) < 4.78 is 11.6. The molecule has 5 heteroatoms. The number of benzene rings is 1. The average Bonchev–Trinajstić information content (AvgIpc) is 2.79. The van der Waals surface area contributed by atoms with Gasteiger partial charge in [0.1, 0.15) is 4.88 Å². The Morgan fingerprint density at radius 1 is 1.22 bits per heavy atom. The lowest BCUT2D eigenvalue weighted by Gasteiger charge is -2.09. The number of carbonyl (C=O) groups excluding carboxylic acids is 1. The van der Waals surface area contributed by atoms with Crippen LogP contribution in [0.25, 0.3) is 0 Å². The van der Waals surface area contributed by atoms with Crippen molar-refractivity contribution in [3.63, 3.8) is 0 Å². The fourth-order valence-electron chi connectivity index (χ4n) is 1.38. The number of rotatable bonds is 4. The number of para-hydroxylation sites is 2. The van der Waals surface area contributed by atoms with E-state index in [-0.39, 0.29) is 5.97 Å². The molecular weight excluding hydrogens is 316 g/mol. The van der Waals surface area contributed by atoms with Crippen molar-refractivity contribution in [1.29, 1.82) is 0 Å². The van der Waals surface area contributed by atoms with Crippen LogP contribution in [0.2, 0.25) is 0 Å². The molecule has 0 fully saturated rings. The van der Waals surface area contributed by atoms with Gasteiger partial charge in [-0.15, -0.1) is 11.3 Å². The van der Waals surface area contributed by atoms with Gasteiger partial charge >= 0.3 is 5.97 Å². The zero-order valence-corrected chi connectivity index (χ0v) is 12.1. The van der Waals surface area contributed by atoms with Crippen LogP contribution in [-0.4, -0.2) is 12.6 Å². The zero-order chi connectivity index (χ0) is 13.0. The van der Waals surface area contributed by atoms with Crippen molar-refractivity contribution < 1.29 is 14.3 Å². The summed E-state index contributed by atoms with van der Waals surface area (Å²) in [6.07, 6.45) is 0. The Bertz CT molecular complexity index is 551. The van der Waals surface area contributed by atoms with Gasteiger partial charge in [-0.25, -0.2) is 4.79 Å². The van der Waals surface area contributed by atoms with Crippen LogP contribution >= 0.6 is 27.3 Å². The van der Waals surface area contributed by atoms with Gasteiger partial charge in [0.25, 0.3) is 0 Å². The molecule has 94 valence electrons. The fraction of sp³-hybridized carbons (Fsp3) is 0.154. The number of hydrogen-bond donors (Lipinski definition) is 0. The fourth-order valence-corrected chi connectivity index (χ4v) is 2.65. The number of esters is 1. The van der Waals surface area contributed by atoms with Gasteiger partial charge in [-0.2, -0.15) is 0 Å². The standard InChI is InChI=1S/C13H11BrO3S/c1-2-16-9-5-3-4-6-10(9)17-13(15)11-7-8-12(14)18-11/h3-8H,2H2,1H3. The van der Waals surface area contributed by atoms with Crippen molar-refractivity contribution in [2.75, 3.05) is 6.61 Å². The Morgan fingerprint density at radius 2 is 1.94 bits per heavy atom. The van der Waals surface area contributed by atoms with Crippen molar-refractivity contribution in [3.05, 3.63) is 45.1 Å². The lowest BCUT2D eigenvalue weighted by atomic mass is 10.3. The predicted octanol–water partition coefficient (Wildman–Crippen LogP) is 4.13. The third kappa shape index (κ3) is 3.11. The molecule has 2 rings (SSSR count). The van der Waals surface area contributed by atoms with Gasteiger partial charge in [-0.3, -0.25) is 0 Å². The third-order valence-corrected chi connectivity index (χ3v) is 3.73. The van der Waals surface area contributed by atoms with Crippen molar-refractivity contribution in [1.82, 2.24) is 0 Å². The number of hydrogen-bond acceptors (Lipinski definition) is 4. The van der Waals surface area contributed by atoms with Gasteiger partial charge in [-0.05, 0) is 47.1 Å². The van der Waals surface area contributed by atoms with Crippen LogP contribution in [0, 0.1) is 0 Å². The highest BCUT2D eigenvalue weighted by Crippen LogP contribution is 2.29. The van der Waals surface area contributed by atoms with Crippen molar-refractivity contribution in [2.24, 2.45) is 0 Å². The molecule has 18 heavy (non-hydrogen) atoms. The molecule has 0 bridgehead atoms. The second kappa shape index (κ2) is 6.02. The first-order valence-corrected chi connectivity index (χ1v) is 7.01. The molecule has 1 aromatic carbocycles. The minimum absolute atomic E-state index is 0.377. The van der Waals surface area contributed by atoms with Crippen LogP contribution in [0.4, 0.5) is 0 Å². The maximum absolute atomic E-state index is 11.9. The van der Waals surface area contributed by atoms with E-state index in [4.69, 9.17) is 9.47 Å². The molecule has 0 aliphatic heterocycles. The highest BCUT2D eigenvalue weighted by molar-refractivity contribution is 9.11. The summed E-state index contributed by atoms with van der Waals surface area (Å²) in [7, 11) is 0. The minimum Gasteiger partial charge on any atom is -0.490 e. The summed E-state index contributed by atoms with van der Waals surface area (Å²) in [4.78, 5) is 12.4. The van der Waals surface area contributed by atoms with E-state index in [9.17, 15) is 4.79 Å². The summed E-state index contributed by atoms with van der Waals surface area (Å²) in [6.45, 7) is 2.41. The van der Waals surface area contributed by atoms with Gasteiger partial charge in [-0.1, -0.05) is 12.1 Å². The largest absolute Gasteiger partial charge is 0.490 e. The van der Waals surface area contributed by atoms with E-state index in [1.54, 1.807) is 24.3 Å². The first kappa shape index (κ1) is 13.1. The Hall–Kier alpha value is -1.33. The van der Waals surface area contributed by atoms with E-state index in [0.29, 0.717) is 23.0 Å². The lowest BCUT2D eigenvalue weighted by molar-refractivity contribution is 0.0733. The topological polar surface area (TPSA) is 35.5 Å². The molecule has 1 aromatic heterocycles. The van der Waals surface area contributed by atoms with Crippen molar-refractivity contribution in [3.8, 4) is 11.5 Å². The molecule has 0 atom stereocenters. The molecule has 0 saturated carbocycles. The van der Waals surface area contributed by atoms with Gasteiger partial charge < -0.3 is 9.47 Å². The maximum Gasteiger partial charge on any atom is 0.353 e. The maximum atomic E-state index is 11.9. The molecule has 1 heterocycles. The van der Waals surface area contributed by atoms with Crippen LogP contribution in [0.15, 0.2) is 40.2 Å². The number of halogens is 1. The Labute approximate surface area is 117 Å². The predicted molar refractivity (Wildman–Crippen MR) is 74.6 cm³/mol. The van der Waals surface area contributed by atoms with Crippen molar-refractivity contribution >= 4 is 33.2 Å². The number of carbonyl (C=O) groups is 1. The summed E-state index contributed by atoms with van der Waals surface area (Å²) >= 11 is 4.65. The molecule has 0 spiro atoms. The number of thiophene rings is 1. The highest BCUT2D eigenvalue weighted by atomic mass is 79.9. The quantitative estimate of drug-likeness (QED) is 0.626. The van der Waals surface area contributed by atoms with Gasteiger partial charge in [0, 0.05) is 0 Å². The molecule has 0 radical (unpaired) electrons. The van der Waals surface area contributed by atoms with Crippen LogP contribution < -0.4 is 9.47 Å². The Balaban J connectivity index is 2.16. The van der Waals surface area contributed by atoms with E-state index < -0.39 is 0 Å². The molecule has 0 aliphatic carbocycles. The first-order valence-electron chi connectivity index (χ1n) is 5.40. The third-order valence-electron chi connectivity index (χ3n) is 2.13. The zero-order valence-electron chi connectivity index (χ0n) is 9.68. The van der Waals surface area contributed by atoms with Gasteiger partial charge in [0.05, 0.1) is 10.4 Å². The summed E-state index contributed by atoms with van der Waals surface area (Å²) in [6, 6.07) is 10.7. The summed E-state index contributed by atoms with van der Waals surface area (Å²) in [5.74, 6) is 0.635. The average molecular weight is 327 g/mol. The van der Waals surface area contributed by atoms with Crippen LogP contribution in [0.1, 0.15) is 16.6 Å². The second-order valence-corrected chi connectivity index (χ2v) is 5.84. The van der Waals surface area contributed by atoms with E-state index in [2.05, 4.69) is 15.9 Å². The van der Waals surface area contributed by atoms with E-state index in [0.717, 1.165) is 3.79 Å². The molecular formula is C13H11BrO3S. The molecule has 0 saturated heterocycles. The first-order chi connectivity index (χ1) is 8.70. The van der Waals surface area contributed by atoms with E-state index in [1.807, 2.05) is 19.1 Å². The SMILES string of the molecule is CCOc1ccccc1OC(=O)c1ccc(Br)s1. The van der Waals surface area contributed by atoms with E-state index >= 15 is 0 Å². The molecule has 0 amide bonds. The lowest BCUT2D eigenvalue weighted by Crippen LogP contribution is -2.07. The monoisotopic (exact) mass is 326 g/mol. The van der Waals surface area contributed by atoms with Gasteiger partial charge in [0.2, 0.25) is 0 Å². The molecule has 0 N–H and O–H groups in total. The Kier molecular flexibility index (Phi) is 4.38. The van der Waals surface area contributed by atoms with Gasteiger partial charge in [0.15, 0.2) is 11.5 Å². The van der Waals surface area contributed by atoms with Crippen LogP contribution in [-0.2, 0) is 0 Å². The molecule has 0 unspecified atom stereocenters. The van der Waals surface area contributed by atoms with E-state index in [1.165, 1.54) is 11.3 Å². The Morgan fingerprint density at radius 3 is 2.56 bits per heavy atom. The number of ether oxygens (including phenoxy) is 2. The summed E-state index contributed by atoms with van der Waals surface area (Å²) in [5, 5.41) is 0. The normalized spacial score (nSPS) is 10.1. The molecule has 3 nitrogen and oxygen atoms in total. The second-order valence-electron chi connectivity index (χ2n) is 3.37. The summed E-state index contributed by atoms with van der Waals surface area (Å²) in [5.41, 5.74) is 0. The van der Waals surface area contributed by atoms with Crippen LogP contribution in [0.5, 0.6) is 11.5 Å². The highest BCUT2D eigenvalue weighted by Gasteiger charge is 2.13. The molecule has 2 aromatic rings. The molecule has 0 aliphatic rings. The smallest absolute Gasteiger partial charge is 0.353 e. The minimum atomic E-state index is -0.377.